The molecular weight excluding hydrogens is 150 g/mol. The van der Waals surface area contributed by atoms with Crippen molar-refractivity contribution in [2.45, 2.75) is 33.3 Å². The fraction of sp³-hybridized carbons (Fsp3) is 1.00. The van der Waals surface area contributed by atoms with Crippen molar-refractivity contribution in [3.63, 3.8) is 0 Å². The Hall–Kier alpha value is -0.0800. The van der Waals surface area contributed by atoms with E-state index in [2.05, 4.69) is 25.7 Å². The van der Waals surface area contributed by atoms with Gasteiger partial charge in [-0.25, -0.2) is 0 Å². The molecular formula is C10H21NO. The van der Waals surface area contributed by atoms with Crippen molar-refractivity contribution in [1.29, 1.82) is 0 Å². The fourth-order valence-electron chi connectivity index (χ4n) is 1.71. The van der Waals surface area contributed by atoms with E-state index in [1.165, 1.54) is 6.54 Å². The zero-order valence-electron chi connectivity index (χ0n) is 8.55. The first-order valence-electron chi connectivity index (χ1n) is 5.06. The number of ether oxygens (including phenoxy) is 1. The summed E-state index contributed by atoms with van der Waals surface area (Å²) in [6.07, 6.45) is 1.63. The molecule has 0 aromatic rings. The van der Waals surface area contributed by atoms with Crippen molar-refractivity contribution >= 4 is 0 Å². The van der Waals surface area contributed by atoms with Crippen molar-refractivity contribution < 1.29 is 4.74 Å². The van der Waals surface area contributed by atoms with Crippen LogP contribution in [0.3, 0.4) is 0 Å². The molecule has 0 aromatic heterocycles. The van der Waals surface area contributed by atoms with Gasteiger partial charge in [0.2, 0.25) is 0 Å². The molecule has 1 saturated heterocycles. The van der Waals surface area contributed by atoms with E-state index in [0.29, 0.717) is 6.10 Å². The van der Waals surface area contributed by atoms with Crippen LogP contribution in [0.2, 0.25) is 0 Å². The highest BCUT2D eigenvalue weighted by atomic mass is 16.5. The Balaban J connectivity index is 2.25. The highest BCUT2D eigenvalue weighted by molar-refractivity contribution is 4.70. The smallest absolute Gasteiger partial charge is 0.0700 e. The van der Waals surface area contributed by atoms with E-state index in [4.69, 9.17) is 4.74 Å². The molecule has 1 heterocycles. The molecule has 72 valence electrons. The van der Waals surface area contributed by atoms with Gasteiger partial charge in [-0.3, -0.25) is 4.90 Å². The number of hydrogen-bond acceptors (Lipinski definition) is 2. The molecule has 0 bridgehead atoms. The van der Waals surface area contributed by atoms with E-state index in [1.807, 2.05) is 0 Å². The maximum atomic E-state index is 5.60. The van der Waals surface area contributed by atoms with Crippen LogP contribution in [-0.4, -0.2) is 37.2 Å². The normalized spacial score (nSPS) is 26.5. The second-order valence-electron chi connectivity index (χ2n) is 4.05. The summed E-state index contributed by atoms with van der Waals surface area (Å²) < 4.78 is 5.60. The van der Waals surface area contributed by atoms with Crippen LogP contribution in [0.5, 0.6) is 0 Å². The molecule has 2 nitrogen and oxygen atoms in total. The Morgan fingerprint density at radius 2 is 2.25 bits per heavy atom. The Bertz CT molecular complexity index is 125. The van der Waals surface area contributed by atoms with Crippen molar-refractivity contribution in [2.75, 3.05) is 26.2 Å². The lowest BCUT2D eigenvalue weighted by atomic mass is 10.1. The van der Waals surface area contributed by atoms with Crippen molar-refractivity contribution in [1.82, 2.24) is 4.90 Å². The Labute approximate surface area is 75.9 Å². The zero-order chi connectivity index (χ0) is 8.97. The molecule has 0 N–H and O–H groups in total. The van der Waals surface area contributed by atoms with E-state index in [0.717, 1.165) is 32.0 Å². The highest BCUT2D eigenvalue weighted by Gasteiger charge is 2.18. The van der Waals surface area contributed by atoms with E-state index < -0.39 is 0 Å². The summed E-state index contributed by atoms with van der Waals surface area (Å²) in [6, 6.07) is 0. The predicted molar refractivity (Wildman–Crippen MR) is 51.3 cm³/mol. The van der Waals surface area contributed by atoms with Crippen LogP contribution in [0.25, 0.3) is 0 Å². The molecule has 2 heteroatoms. The summed E-state index contributed by atoms with van der Waals surface area (Å²) >= 11 is 0. The lowest BCUT2D eigenvalue weighted by Gasteiger charge is -2.33. The van der Waals surface area contributed by atoms with E-state index in [-0.39, 0.29) is 0 Å². The first-order chi connectivity index (χ1) is 5.72. The molecule has 0 saturated carbocycles. The van der Waals surface area contributed by atoms with Crippen molar-refractivity contribution in [3.05, 3.63) is 0 Å². The molecule has 1 rings (SSSR count). The monoisotopic (exact) mass is 171 g/mol. The van der Waals surface area contributed by atoms with Gasteiger partial charge in [-0.2, -0.15) is 0 Å². The summed E-state index contributed by atoms with van der Waals surface area (Å²) in [5, 5.41) is 0. The van der Waals surface area contributed by atoms with Crippen LogP contribution in [0.15, 0.2) is 0 Å². The average molecular weight is 171 g/mol. The molecule has 0 radical (unpaired) electrons. The quantitative estimate of drug-likeness (QED) is 0.641. The molecule has 0 aromatic carbocycles. The fourth-order valence-corrected chi connectivity index (χ4v) is 1.71. The lowest BCUT2D eigenvalue weighted by Crippen LogP contribution is -2.43. The van der Waals surface area contributed by atoms with Gasteiger partial charge in [0.1, 0.15) is 0 Å². The molecule has 1 aliphatic rings. The maximum absolute atomic E-state index is 5.60. The van der Waals surface area contributed by atoms with Crippen molar-refractivity contribution in [2.24, 2.45) is 5.92 Å². The van der Waals surface area contributed by atoms with Gasteiger partial charge in [0.05, 0.1) is 12.7 Å². The number of morpholine rings is 1. The molecule has 1 fully saturated rings. The largest absolute Gasteiger partial charge is 0.376 e. The van der Waals surface area contributed by atoms with Crippen LogP contribution in [-0.2, 0) is 4.74 Å². The second-order valence-corrected chi connectivity index (χ2v) is 4.05. The Morgan fingerprint density at radius 1 is 1.50 bits per heavy atom. The molecule has 0 amide bonds. The van der Waals surface area contributed by atoms with Gasteiger partial charge in [0.25, 0.3) is 0 Å². The average Bonchev–Trinajstić information content (AvgIpc) is 2.03. The third kappa shape index (κ3) is 3.11. The summed E-state index contributed by atoms with van der Waals surface area (Å²) in [7, 11) is 0. The molecule has 1 unspecified atom stereocenters. The SMILES string of the molecule is CCC1CN(CC(C)C)CCO1. The van der Waals surface area contributed by atoms with Gasteiger partial charge in [-0.1, -0.05) is 20.8 Å². The summed E-state index contributed by atoms with van der Waals surface area (Å²) in [5.74, 6) is 0.778. The minimum absolute atomic E-state index is 0.484. The molecule has 1 atom stereocenters. The summed E-state index contributed by atoms with van der Waals surface area (Å²) in [5.41, 5.74) is 0. The third-order valence-electron chi connectivity index (χ3n) is 2.30. The Kier molecular flexibility index (Phi) is 4.02. The second kappa shape index (κ2) is 4.83. The van der Waals surface area contributed by atoms with Crippen LogP contribution in [0.4, 0.5) is 0 Å². The number of hydrogen-bond donors (Lipinski definition) is 0. The standard InChI is InChI=1S/C10H21NO/c1-4-10-8-11(5-6-12-10)7-9(2)3/h9-10H,4-8H2,1-3H3. The minimum Gasteiger partial charge on any atom is -0.376 e. The zero-order valence-corrected chi connectivity index (χ0v) is 8.55. The minimum atomic E-state index is 0.484. The first kappa shape index (κ1) is 10.0. The van der Waals surface area contributed by atoms with Gasteiger partial charge in [-0.05, 0) is 12.3 Å². The van der Waals surface area contributed by atoms with Crippen molar-refractivity contribution in [3.8, 4) is 0 Å². The first-order valence-corrected chi connectivity index (χ1v) is 5.06. The molecule has 1 aliphatic heterocycles. The van der Waals surface area contributed by atoms with Crippen LogP contribution in [0, 0.1) is 5.92 Å². The lowest BCUT2D eigenvalue weighted by molar-refractivity contribution is -0.0327. The van der Waals surface area contributed by atoms with Gasteiger partial charge in [0.15, 0.2) is 0 Å². The van der Waals surface area contributed by atoms with Gasteiger partial charge < -0.3 is 4.74 Å². The predicted octanol–water partition coefficient (Wildman–Crippen LogP) is 1.75. The third-order valence-corrected chi connectivity index (χ3v) is 2.30. The summed E-state index contributed by atoms with van der Waals surface area (Å²) in [6.45, 7) is 11.1. The van der Waals surface area contributed by atoms with E-state index in [9.17, 15) is 0 Å². The number of rotatable bonds is 3. The number of nitrogens with zero attached hydrogens (tertiary/aromatic N) is 1. The summed E-state index contributed by atoms with van der Waals surface area (Å²) in [4.78, 5) is 2.52. The van der Waals surface area contributed by atoms with Gasteiger partial charge >= 0.3 is 0 Å². The van der Waals surface area contributed by atoms with Crippen LogP contribution < -0.4 is 0 Å². The molecule has 0 aliphatic carbocycles. The highest BCUT2D eigenvalue weighted by Crippen LogP contribution is 2.09. The molecule has 0 spiro atoms. The van der Waals surface area contributed by atoms with Crippen LogP contribution in [0.1, 0.15) is 27.2 Å². The van der Waals surface area contributed by atoms with E-state index >= 15 is 0 Å². The van der Waals surface area contributed by atoms with Gasteiger partial charge in [0, 0.05) is 19.6 Å². The Morgan fingerprint density at radius 3 is 2.83 bits per heavy atom. The van der Waals surface area contributed by atoms with Crippen LogP contribution >= 0.6 is 0 Å². The van der Waals surface area contributed by atoms with E-state index in [1.54, 1.807) is 0 Å². The van der Waals surface area contributed by atoms with Gasteiger partial charge in [-0.15, -0.1) is 0 Å². The molecule has 12 heavy (non-hydrogen) atoms. The maximum Gasteiger partial charge on any atom is 0.0700 e. The topological polar surface area (TPSA) is 12.5 Å².